The highest BCUT2D eigenvalue weighted by atomic mass is 35.5. The molecule has 124 valence electrons. The molecule has 1 unspecified atom stereocenters. The molecule has 2 rings (SSSR count). The average molecular weight is 339 g/mol. The van der Waals surface area contributed by atoms with E-state index in [1.165, 1.54) is 12.1 Å². The van der Waals surface area contributed by atoms with Crippen molar-refractivity contribution in [3.8, 4) is 6.07 Å². The van der Waals surface area contributed by atoms with E-state index in [0.29, 0.717) is 39.3 Å². The Morgan fingerprint density at radius 1 is 1.43 bits per heavy atom. The first-order valence-corrected chi connectivity index (χ1v) is 8.01. The van der Waals surface area contributed by atoms with Gasteiger partial charge in [0.1, 0.15) is 11.9 Å². The summed E-state index contributed by atoms with van der Waals surface area (Å²) in [6.07, 6.45) is 0. The number of nitrogens with one attached hydrogen (secondary N) is 1. The van der Waals surface area contributed by atoms with Crippen LogP contribution < -0.4 is 5.32 Å². The number of halogens is 2. The SMILES string of the molecule is CCNC(=O)CN1CCN(C(C#N)c2c(F)cccc2Cl)CC1. The highest BCUT2D eigenvalue weighted by molar-refractivity contribution is 6.31. The van der Waals surface area contributed by atoms with Crippen LogP contribution in [0.1, 0.15) is 18.5 Å². The van der Waals surface area contributed by atoms with Crippen molar-refractivity contribution in [3.05, 3.63) is 34.6 Å². The Hall–Kier alpha value is -1.68. The van der Waals surface area contributed by atoms with Gasteiger partial charge in [-0.05, 0) is 19.1 Å². The van der Waals surface area contributed by atoms with Crippen molar-refractivity contribution in [1.82, 2.24) is 15.1 Å². The molecule has 1 aliphatic rings. The van der Waals surface area contributed by atoms with Gasteiger partial charge in [0.2, 0.25) is 5.91 Å². The largest absolute Gasteiger partial charge is 0.355 e. The van der Waals surface area contributed by atoms with E-state index in [1.807, 2.05) is 16.7 Å². The summed E-state index contributed by atoms with van der Waals surface area (Å²) in [5.74, 6) is -0.469. The Balaban J connectivity index is 2.01. The number of carbonyl (C=O) groups is 1. The first-order chi connectivity index (χ1) is 11.1. The van der Waals surface area contributed by atoms with Crippen molar-refractivity contribution in [1.29, 1.82) is 5.26 Å². The lowest BCUT2D eigenvalue weighted by molar-refractivity contribution is -0.122. The molecule has 0 aliphatic carbocycles. The molecule has 1 N–H and O–H groups in total. The first kappa shape index (κ1) is 17.7. The Bertz CT molecular complexity index is 576. The highest BCUT2D eigenvalue weighted by Gasteiger charge is 2.28. The van der Waals surface area contributed by atoms with Gasteiger partial charge in [0.15, 0.2) is 0 Å². The monoisotopic (exact) mass is 338 g/mol. The van der Waals surface area contributed by atoms with Crippen LogP contribution in [0.2, 0.25) is 5.02 Å². The minimum atomic E-state index is -0.713. The number of nitriles is 1. The second-order valence-electron chi connectivity index (χ2n) is 5.43. The fourth-order valence-electron chi connectivity index (χ4n) is 2.74. The molecule has 23 heavy (non-hydrogen) atoms. The van der Waals surface area contributed by atoms with E-state index in [2.05, 4.69) is 11.4 Å². The average Bonchev–Trinajstić information content (AvgIpc) is 2.52. The number of likely N-dealkylation sites (N-methyl/N-ethyl adjacent to an activating group) is 1. The standard InChI is InChI=1S/C16H20ClFN4O/c1-2-20-15(23)11-21-6-8-22(9-7-21)14(10-19)16-12(17)4-3-5-13(16)18/h3-5,14H,2,6-9,11H2,1H3,(H,20,23). The second kappa shape index (κ2) is 8.25. The molecule has 0 radical (unpaired) electrons. The number of carbonyl (C=O) groups excluding carboxylic acids is 1. The van der Waals surface area contributed by atoms with E-state index in [4.69, 9.17) is 11.6 Å². The van der Waals surface area contributed by atoms with Gasteiger partial charge in [-0.2, -0.15) is 5.26 Å². The van der Waals surface area contributed by atoms with Gasteiger partial charge in [-0.3, -0.25) is 14.6 Å². The van der Waals surface area contributed by atoms with Crippen LogP contribution in [-0.2, 0) is 4.79 Å². The van der Waals surface area contributed by atoms with E-state index in [0.717, 1.165) is 0 Å². The van der Waals surface area contributed by atoms with Crippen LogP contribution in [0.15, 0.2) is 18.2 Å². The van der Waals surface area contributed by atoms with Crippen molar-refractivity contribution in [3.63, 3.8) is 0 Å². The molecule has 1 atom stereocenters. The number of rotatable bonds is 5. The summed E-state index contributed by atoms with van der Waals surface area (Å²) < 4.78 is 14.1. The molecular formula is C16H20ClFN4O. The van der Waals surface area contributed by atoms with Crippen molar-refractivity contribution < 1.29 is 9.18 Å². The molecule has 1 amide bonds. The lowest BCUT2D eigenvalue weighted by atomic mass is 10.0. The zero-order chi connectivity index (χ0) is 16.8. The molecule has 7 heteroatoms. The zero-order valence-electron chi connectivity index (χ0n) is 13.1. The van der Waals surface area contributed by atoms with Gasteiger partial charge < -0.3 is 5.32 Å². The van der Waals surface area contributed by atoms with Gasteiger partial charge in [0.05, 0.1) is 12.6 Å². The van der Waals surface area contributed by atoms with Crippen LogP contribution in [0.4, 0.5) is 4.39 Å². The number of hydrogen-bond donors (Lipinski definition) is 1. The Morgan fingerprint density at radius 3 is 2.70 bits per heavy atom. The molecule has 1 saturated heterocycles. The molecule has 5 nitrogen and oxygen atoms in total. The Morgan fingerprint density at radius 2 is 2.13 bits per heavy atom. The summed E-state index contributed by atoms with van der Waals surface area (Å²) in [4.78, 5) is 15.5. The second-order valence-corrected chi connectivity index (χ2v) is 5.84. The van der Waals surface area contributed by atoms with Crippen LogP contribution in [0.5, 0.6) is 0 Å². The number of benzene rings is 1. The van der Waals surface area contributed by atoms with Crippen LogP contribution in [-0.4, -0.2) is 55.0 Å². The summed E-state index contributed by atoms with van der Waals surface area (Å²) in [6.45, 7) is 5.32. The van der Waals surface area contributed by atoms with E-state index >= 15 is 0 Å². The van der Waals surface area contributed by atoms with Gasteiger partial charge in [-0.25, -0.2) is 4.39 Å². The van der Waals surface area contributed by atoms with Crippen LogP contribution in [0.3, 0.4) is 0 Å². The van der Waals surface area contributed by atoms with Gasteiger partial charge in [0, 0.05) is 43.3 Å². The quantitative estimate of drug-likeness (QED) is 0.889. The molecule has 0 spiro atoms. The predicted octanol–water partition coefficient (Wildman–Crippen LogP) is 1.80. The summed E-state index contributed by atoms with van der Waals surface area (Å²) in [5, 5.41) is 12.5. The minimum absolute atomic E-state index is 0.00469. The Kier molecular flexibility index (Phi) is 6.34. The first-order valence-electron chi connectivity index (χ1n) is 7.63. The van der Waals surface area contributed by atoms with Crippen molar-refractivity contribution in [2.24, 2.45) is 0 Å². The van der Waals surface area contributed by atoms with Crippen molar-refractivity contribution >= 4 is 17.5 Å². The minimum Gasteiger partial charge on any atom is -0.355 e. The van der Waals surface area contributed by atoms with Gasteiger partial charge in [-0.15, -0.1) is 0 Å². The third-order valence-corrected chi connectivity index (χ3v) is 4.24. The summed E-state index contributed by atoms with van der Waals surface area (Å²) >= 11 is 6.07. The van der Waals surface area contributed by atoms with E-state index in [1.54, 1.807) is 6.07 Å². The van der Waals surface area contributed by atoms with Crippen LogP contribution in [0, 0.1) is 17.1 Å². The van der Waals surface area contributed by atoms with E-state index in [-0.39, 0.29) is 16.5 Å². The topological polar surface area (TPSA) is 59.4 Å². The number of piperazine rings is 1. The highest BCUT2D eigenvalue weighted by Crippen LogP contribution is 2.30. The molecule has 1 aromatic rings. The maximum absolute atomic E-state index is 14.1. The molecule has 0 saturated carbocycles. The van der Waals surface area contributed by atoms with Crippen LogP contribution in [0.25, 0.3) is 0 Å². The maximum Gasteiger partial charge on any atom is 0.234 e. The fraction of sp³-hybridized carbons (Fsp3) is 0.500. The molecule has 0 bridgehead atoms. The number of hydrogen-bond acceptors (Lipinski definition) is 4. The molecule has 1 aliphatic heterocycles. The Labute approximate surface area is 140 Å². The maximum atomic E-state index is 14.1. The lowest BCUT2D eigenvalue weighted by Crippen LogP contribution is -2.50. The van der Waals surface area contributed by atoms with Gasteiger partial charge in [0.25, 0.3) is 0 Å². The van der Waals surface area contributed by atoms with Crippen molar-refractivity contribution in [2.75, 3.05) is 39.3 Å². The third kappa shape index (κ3) is 4.41. The number of amides is 1. The number of nitrogens with zero attached hydrogens (tertiary/aromatic N) is 3. The van der Waals surface area contributed by atoms with E-state index in [9.17, 15) is 14.4 Å². The smallest absolute Gasteiger partial charge is 0.234 e. The molecule has 0 aromatic heterocycles. The summed E-state index contributed by atoms with van der Waals surface area (Å²) in [7, 11) is 0. The molecule has 1 aromatic carbocycles. The van der Waals surface area contributed by atoms with Crippen molar-refractivity contribution in [2.45, 2.75) is 13.0 Å². The predicted molar refractivity (Wildman–Crippen MR) is 86.5 cm³/mol. The molecular weight excluding hydrogens is 319 g/mol. The summed E-state index contributed by atoms with van der Waals surface area (Å²) in [6, 6.07) is 5.87. The molecule has 1 heterocycles. The summed E-state index contributed by atoms with van der Waals surface area (Å²) in [5.41, 5.74) is 0.230. The lowest BCUT2D eigenvalue weighted by Gasteiger charge is -2.36. The third-order valence-electron chi connectivity index (χ3n) is 3.91. The normalized spacial score (nSPS) is 17.5. The van der Waals surface area contributed by atoms with Gasteiger partial charge in [-0.1, -0.05) is 17.7 Å². The van der Waals surface area contributed by atoms with Gasteiger partial charge >= 0.3 is 0 Å². The van der Waals surface area contributed by atoms with E-state index < -0.39 is 11.9 Å². The molecule has 1 fully saturated rings. The van der Waals surface area contributed by atoms with Crippen LogP contribution >= 0.6 is 11.6 Å². The fourth-order valence-corrected chi connectivity index (χ4v) is 3.00. The zero-order valence-corrected chi connectivity index (χ0v) is 13.8.